The van der Waals surface area contributed by atoms with Gasteiger partial charge < -0.3 is 19.7 Å². The first kappa shape index (κ1) is 19.7. The molecule has 117 valence electrons. The zero-order valence-electron chi connectivity index (χ0n) is 13.0. The number of ether oxygens (including phenoxy) is 1. The Morgan fingerprint density at radius 1 is 1.27 bits per heavy atom. The molecule has 1 aromatic heterocycles. The van der Waals surface area contributed by atoms with Crippen molar-refractivity contribution in [1.29, 1.82) is 0 Å². The molecule has 0 unspecified atom stereocenters. The summed E-state index contributed by atoms with van der Waals surface area (Å²) in [6.07, 6.45) is 3.13. The van der Waals surface area contributed by atoms with E-state index in [4.69, 9.17) is 4.74 Å². The van der Waals surface area contributed by atoms with Crippen molar-refractivity contribution in [3.05, 3.63) is 18.5 Å². The molecule has 8 heteroatoms. The second kappa shape index (κ2) is 8.47. The minimum atomic E-state index is -2.21. The smallest absolute Gasteiger partial charge is 0.162 e. The van der Waals surface area contributed by atoms with E-state index in [1.165, 1.54) is 13.4 Å². The van der Waals surface area contributed by atoms with Crippen molar-refractivity contribution >= 4 is 23.9 Å². The fraction of sp³-hybridized carbons (Fsp3) is 0.429. The Morgan fingerprint density at radius 2 is 1.95 bits per heavy atom. The summed E-state index contributed by atoms with van der Waals surface area (Å²) in [5, 5.41) is 13.7. The predicted molar refractivity (Wildman–Crippen MR) is 84.9 cm³/mol. The summed E-state index contributed by atoms with van der Waals surface area (Å²) in [5.74, 6) is 0.956. The van der Waals surface area contributed by atoms with Gasteiger partial charge in [0.05, 0.1) is 18.9 Å². The second-order valence-electron chi connectivity index (χ2n) is 4.79. The summed E-state index contributed by atoms with van der Waals surface area (Å²) in [6, 6.07) is 3.20. The van der Waals surface area contributed by atoms with Gasteiger partial charge in [0, 0.05) is 55.5 Å². The summed E-state index contributed by atoms with van der Waals surface area (Å²) in [5.41, 5.74) is 0.657. The van der Waals surface area contributed by atoms with Gasteiger partial charge >= 0.3 is 0 Å². The number of anilines is 1. The van der Waals surface area contributed by atoms with Crippen LogP contribution in [-0.2, 0) is 4.57 Å². The molecular weight excluding hydrogens is 516 g/mol. The summed E-state index contributed by atoms with van der Waals surface area (Å²) < 4.78 is 17.5. The number of aromatic hydroxyl groups is 1. The molecule has 0 spiro atoms. The first-order chi connectivity index (χ1) is 10.0. The topological polar surface area (TPSA) is 84.3 Å². The number of nitrogens with zero attached hydrogens (tertiary/aromatic N) is 2. The van der Waals surface area contributed by atoms with Crippen LogP contribution in [0.2, 0.25) is 0 Å². The third-order valence-corrected chi connectivity index (χ3v) is 6.66. The predicted octanol–water partition coefficient (Wildman–Crippen LogP) is 3.12. The van der Waals surface area contributed by atoms with Gasteiger partial charge in [0.1, 0.15) is 19.3 Å². The van der Waals surface area contributed by atoms with Crippen molar-refractivity contribution in [2.24, 2.45) is 0 Å². The molecule has 2 rings (SSSR count). The van der Waals surface area contributed by atoms with E-state index >= 15 is 0 Å². The number of hydrogen-bond acceptors (Lipinski definition) is 6. The van der Waals surface area contributed by atoms with E-state index in [0.29, 0.717) is 41.1 Å². The Labute approximate surface area is 166 Å². The van der Waals surface area contributed by atoms with Crippen LogP contribution in [0.25, 0.3) is 10.9 Å². The van der Waals surface area contributed by atoms with Gasteiger partial charge in [0.25, 0.3) is 0 Å². The molecule has 0 aliphatic rings. The van der Waals surface area contributed by atoms with Gasteiger partial charge in [-0.25, -0.2) is 9.97 Å². The maximum atomic E-state index is 12.5. The molecule has 2 N–H and O–H groups in total. The van der Waals surface area contributed by atoms with Crippen LogP contribution in [0.5, 0.6) is 11.5 Å². The number of phenols is 1. The Kier molecular flexibility index (Phi) is 7.58. The van der Waals surface area contributed by atoms with Gasteiger partial charge in [-0.1, -0.05) is 13.8 Å². The van der Waals surface area contributed by atoms with Gasteiger partial charge in [-0.05, 0) is 18.4 Å². The monoisotopic (exact) mass is 536 g/mol. The normalized spacial score (nSPS) is 11.0. The summed E-state index contributed by atoms with van der Waals surface area (Å²) in [7, 11) is -0.724. The van der Waals surface area contributed by atoms with Crippen LogP contribution in [0.3, 0.4) is 0 Å². The van der Waals surface area contributed by atoms with Crippen molar-refractivity contribution < 1.29 is 58.5 Å². The molecule has 1 aromatic carbocycles. The van der Waals surface area contributed by atoms with Gasteiger partial charge in [0.15, 0.2) is 11.5 Å². The molecule has 1 heterocycles. The number of hydrogen-bond donors (Lipinski definition) is 2. The minimum absolute atomic E-state index is 0. The summed E-state index contributed by atoms with van der Waals surface area (Å²) in [6.45, 7) is 3.86. The van der Waals surface area contributed by atoms with Crippen LogP contribution in [0.1, 0.15) is 13.8 Å². The zero-order valence-corrected chi connectivity index (χ0v) is 18.7. The number of methoxy groups -OCH3 is 1. The maximum absolute atomic E-state index is 12.5. The number of fused-ring (bicyclic) bond motifs is 1. The molecule has 0 fully saturated rings. The van der Waals surface area contributed by atoms with E-state index in [9.17, 15) is 9.67 Å². The van der Waals surface area contributed by atoms with Gasteiger partial charge in [0.2, 0.25) is 0 Å². The van der Waals surface area contributed by atoms with Crippen molar-refractivity contribution in [3.8, 4) is 11.5 Å². The van der Waals surface area contributed by atoms with Crippen LogP contribution in [0.15, 0.2) is 18.5 Å². The fourth-order valence-corrected chi connectivity index (χ4v) is 3.38. The molecule has 2 aromatic rings. The molecule has 6 nitrogen and oxygen atoms in total. The number of benzene rings is 1. The van der Waals surface area contributed by atoms with Crippen LogP contribution in [-0.4, -0.2) is 40.8 Å². The number of nitrogens with one attached hydrogen (secondary N) is 1. The molecule has 0 saturated heterocycles. The Balaban J connectivity index is 0.00000242. The fourth-order valence-electron chi connectivity index (χ4n) is 2.04. The van der Waals surface area contributed by atoms with Crippen LogP contribution >= 0.6 is 7.14 Å². The van der Waals surface area contributed by atoms with Gasteiger partial charge in [-0.2, -0.15) is 0 Å². The van der Waals surface area contributed by atoms with Crippen molar-refractivity contribution in [2.75, 3.05) is 31.0 Å². The van der Waals surface area contributed by atoms with E-state index in [0.717, 1.165) is 0 Å². The Hall–Kier alpha value is -0.368. The number of aromatic nitrogens is 2. The van der Waals surface area contributed by atoms with Crippen LogP contribution in [0, 0.1) is 44.1 Å². The minimum Gasteiger partial charge on any atom is -0.504 e. The Morgan fingerprint density at radius 3 is 2.55 bits per heavy atom. The molecule has 0 bridgehead atoms. The molecule has 0 atom stereocenters. The SMILES string of the molecule is CCP(=O)(CC)CNc1ncnc2cc(OC)c(O)cc12.[Ac]. The quantitative estimate of drug-likeness (QED) is 0.553. The van der Waals surface area contributed by atoms with Crippen LogP contribution < -0.4 is 10.1 Å². The molecule has 22 heavy (non-hydrogen) atoms. The number of phenolic OH excluding ortho intramolecular Hbond substituents is 1. The zero-order chi connectivity index (χ0) is 15.5. The van der Waals surface area contributed by atoms with E-state index in [1.54, 1.807) is 12.1 Å². The third-order valence-electron chi connectivity index (χ3n) is 3.62. The van der Waals surface area contributed by atoms with Crippen molar-refractivity contribution in [3.63, 3.8) is 0 Å². The molecule has 0 saturated carbocycles. The summed E-state index contributed by atoms with van der Waals surface area (Å²) in [4.78, 5) is 8.34. The van der Waals surface area contributed by atoms with Gasteiger partial charge in [-0.15, -0.1) is 0 Å². The van der Waals surface area contributed by atoms with E-state index in [-0.39, 0.29) is 49.8 Å². The number of rotatable bonds is 6. The van der Waals surface area contributed by atoms with Crippen LogP contribution in [0.4, 0.5) is 5.82 Å². The average molecular weight is 536 g/mol. The third kappa shape index (κ3) is 4.34. The van der Waals surface area contributed by atoms with Crippen molar-refractivity contribution in [1.82, 2.24) is 9.97 Å². The average Bonchev–Trinajstić information content (AvgIpc) is 2.52. The first-order valence-electron chi connectivity index (χ1n) is 6.85. The van der Waals surface area contributed by atoms with Gasteiger partial charge in [-0.3, -0.25) is 0 Å². The Bertz CT molecular complexity index is 688. The maximum Gasteiger partial charge on any atom is 0.162 e. The van der Waals surface area contributed by atoms with Crippen molar-refractivity contribution in [2.45, 2.75) is 13.8 Å². The second-order valence-corrected chi connectivity index (χ2v) is 8.49. The molecule has 0 aliphatic carbocycles. The first-order valence-corrected chi connectivity index (χ1v) is 9.12. The molecule has 1 radical (unpaired) electrons. The van der Waals surface area contributed by atoms with E-state index in [2.05, 4.69) is 15.3 Å². The molecule has 0 aliphatic heterocycles. The molecule has 0 amide bonds. The molecular formula is C14H20AcN3O3P. The largest absolute Gasteiger partial charge is 0.504 e. The summed E-state index contributed by atoms with van der Waals surface area (Å²) >= 11 is 0. The van der Waals surface area contributed by atoms with E-state index < -0.39 is 7.14 Å². The van der Waals surface area contributed by atoms with E-state index in [1.807, 2.05) is 13.8 Å². The standard InChI is InChI=1S/C14H20N3O3P.Ac/c1-4-21(19,5-2)9-17-14-10-6-12(18)13(20-3)7-11(10)15-8-16-14;/h6-8,18H,4-5,9H2,1-3H3,(H,15,16,17);.